The van der Waals surface area contributed by atoms with E-state index in [0.29, 0.717) is 5.56 Å². The molecule has 8 aromatic rings. The first-order valence-electron chi connectivity index (χ1n) is 17.8. The number of para-hydroxylation sites is 2. The lowest BCUT2D eigenvalue weighted by atomic mass is 9.89. The molecule has 0 fully saturated rings. The normalized spacial score (nSPS) is 14.2. The van der Waals surface area contributed by atoms with Gasteiger partial charge in [0.25, 0.3) is 0 Å². The first-order valence-corrected chi connectivity index (χ1v) is 17.8. The molecule has 1 atom stereocenters. The van der Waals surface area contributed by atoms with Crippen LogP contribution in [0.2, 0.25) is 0 Å². The Kier molecular flexibility index (Phi) is 6.84. The molecule has 0 saturated carbocycles. The standard InChI is InChI=1S/C49H33N3/c1-32-12-5-6-15-36-25-29-43-48(45(32)36)51(38-17-3-2-4-18-38)44-21-10-9-20-41(44)46-42-28-24-35-14-7-8-19-40(35)47(42)52(49(43)46)39-26-22-34(23-27-39)37-16-11-13-33(30-37)31-50/h2-30,32H,1H3/t32-/m0/s1. The van der Waals surface area contributed by atoms with Crippen LogP contribution in [0.5, 0.6) is 0 Å². The summed E-state index contributed by atoms with van der Waals surface area (Å²) in [5, 5.41) is 13.2. The van der Waals surface area contributed by atoms with Gasteiger partial charge >= 0.3 is 0 Å². The Hall–Kier alpha value is -6.89. The van der Waals surface area contributed by atoms with E-state index in [1.165, 1.54) is 60.9 Å². The monoisotopic (exact) mass is 663 g/mol. The fourth-order valence-corrected chi connectivity index (χ4v) is 8.42. The third-order valence-corrected chi connectivity index (χ3v) is 10.7. The smallest absolute Gasteiger partial charge is 0.0991 e. The Morgan fingerprint density at radius 1 is 0.615 bits per heavy atom. The third kappa shape index (κ3) is 4.52. The summed E-state index contributed by atoms with van der Waals surface area (Å²) in [5.74, 6) is 0.182. The minimum absolute atomic E-state index is 0.182. The fraction of sp³-hybridized carbons (Fsp3) is 0.0408. The second kappa shape index (κ2) is 11.9. The predicted octanol–water partition coefficient (Wildman–Crippen LogP) is 13.1. The van der Waals surface area contributed by atoms with Crippen molar-refractivity contribution < 1.29 is 0 Å². The van der Waals surface area contributed by atoms with Crippen LogP contribution >= 0.6 is 0 Å². The highest BCUT2D eigenvalue weighted by atomic mass is 15.2. The van der Waals surface area contributed by atoms with Crippen LogP contribution in [0.15, 0.2) is 170 Å². The third-order valence-electron chi connectivity index (χ3n) is 10.7. The van der Waals surface area contributed by atoms with Gasteiger partial charge in [-0.1, -0.05) is 140 Å². The van der Waals surface area contributed by atoms with Crippen LogP contribution in [-0.2, 0) is 0 Å². The molecule has 0 bridgehead atoms. The van der Waals surface area contributed by atoms with Gasteiger partial charge in [-0.3, -0.25) is 0 Å². The van der Waals surface area contributed by atoms with E-state index >= 15 is 0 Å². The average molecular weight is 664 g/mol. The molecule has 0 spiro atoms. The van der Waals surface area contributed by atoms with Crippen molar-refractivity contribution in [1.29, 1.82) is 5.26 Å². The van der Waals surface area contributed by atoms with E-state index < -0.39 is 0 Å². The Labute approximate surface area is 303 Å². The van der Waals surface area contributed by atoms with E-state index in [1.807, 2.05) is 18.2 Å². The highest BCUT2D eigenvalue weighted by Crippen LogP contribution is 2.57. The summed E-state index contributed by atoms with van der Waals surface area (Å²) >= 11 is 0. The predicted molar refractivity (Wildman–Crippen MR) is 217 cm³/mol. The zero-order chi connectivity index (χ0) is 34.8. The van der Waals surface area contributed by atoms with Crippen LogP contribution in [0.25, 0.3) is 66.9 Å². The Morgan fingerprint density at radius 3 is 2.29 bits per heavy atom. The number of rotatable bonds is 3. The topological polar surface area (TPSA) is 32.0 Å². The molecule has 10 rings (SSSR count). The van der Waals surface area contributed by atoms with E-state index in [2.05, 4.69) is 180 Å². The molecule has 0 amide bonds. The maximum absolute atomic E-state index is 9.58. The average Bonchev–Trinajstić information content (AvgIpc) is 3.35. The molecule has 244 valence electrons. The number of fused-ring (bicyclic) bond motifs is 11. The zero-order valence-electron chi connectivity index (χ0n) is 28.7. The maximum Gasteiger partial charge on any atom is 0.0991 e. The number of hydrogen-bond acceptors (Lipinski definition) is 2. The minimum Gasteiger partial charge on any atom is -0.309 e. The minimum atomic E-state index is 0.182. The van der Waals surface area contributed by atoms with Crippen molar-refractivity contribution in [3.8, 4) is 45.3 Å². The molecule has 3 nitrogen and oxygen atoms in total. The van der Waals surface area contributed by atoms with Gasteiger partial charge in [-0.2, -0.15) is 5.26 Å². The first-order chi connectivity index (χ1) is 25.7. The van der Waals surface area contributed by atoms with E-state index in [-0.39, 0.29) is 5.92 Å². The molecule has 2 heterocycles. The number of nitriles is 1. The lowest BCUT2D eigenvalue weighted by molar-refractivity contribution is 0.961. The van der Waals surface area contributed by atoms with Crippen LogP contribution in [0.4, 0.5) is 17.1 Å². The molecule has 3 heteroatoms. The van der Waals surface area contributed by atoms with Gasteiger partial charge in [0.15, 0.2) is 0 Å². The SMILES string of the molecule is C[C@H]1C=CC=Cc2ccc3c(c21)N(c1ccccc1)c1ccccc1-c1c-3n(-c2ccc(-c3cccc(C#N)c3)cc2)c2c1ccc1ccccc12. The van der Waals surface area contributed by atoms with Crippen LogP contribution in [-0.4, -0.2) is 4.57 Å². The summed E-state index contributed by atoms with van der Waals surface area (Å²) in [6, 6.07) is 56.7. The molecule has 1 aliphatic heterocycles. The fourth-order valence-electron chi connectivity index (χ4n) is 8.42. The molecule has 0 N–H and O–H groups in total. The lowest BCUT2D eigenvalue weighted by Crippen LogP contribution is -2.15. The van der Waals surface area contributed by atoms with E-state index in [1.54, 1.807) is 0 Å². The summed E-state index contributed by atoms with van der Waals surface area (Å²) in [4.78, 5) is 2.50. The molecule has 2 aliphatic rings. The van der Waals surface area contributed by atoms with Gasteiger partial charge in [0.2, 0.25) is 0 Å². The summed E-state index contributed by atoms with van der Waals surface area (Å²) in [6.07, 6.45) is 8.90. The number of aromatic nitrogens is 1. The number of anilines is 3. The summed E-state index contributed by atoms with van der Waals surface area (Å²) in [6.45, 7) is 2.31. The molecule has 0 unspecified atom stereocenters. The summed E-state index contributed by atoms with van der Waals surface area (Å²) in [7, 11) is 0. The highest BCUT2D eigenvalue weighted by molar-refractivity contribution is 6.19. The second-order valence-electron chi connectivity index (χ2n) is 13.7. The van der Waals surface area contributed by atoms with Crippen molar-refractivity contribution in [2.24, 2.45) is 0 Å². The van der Waals surface area contributed by atoms with Crippen molar-refractivity contribution in [2.75, 3.05) is 4.90 Å². The van der Waals surface area contributed by atoms with Crippen molar-refractivity contribution in [3.05, 3.63) is 187 Å². The number of hydrogen-bond donors (Lipinski definition) is 0. The van der Waals surface area contributed by atoms with E-state index in [0.717, 1.165) is 28.2 Å². The number of nitrogens with zero attached hydrogens (tertiary/aromatic N) is 3. The molecule has 52 heavy (non-hydrogen) atoms. The summed E-state index contributed by atoms with van der Waals surface area (Å²) in [5.41, 5.74) is 15.9. The van der Waals surface area contributed by atoms with Crippen LogP contribution < -0.4 is 4.90 Å². The molecule has 7 aromatic carbocycles. The van der Waals surface area contributed by atoms with E-state index in [9.17, 15) is 5.26 Å². The summed E-state index contributed by atoms with van der Waals surface area (Å²) < 4.78 is 2.51. The van der Waals surface area contributed by atoms with Crippen LogP contribution in [0, 0.1) is 11.3 Å². The number of allylic oxidation sites excluding steroid dienone is 3. The number of benzene rings is 7. The highest BCUT2D eigenvalue weighted by Gasteiger charge is 2.34. The van der Waals surface area contributed by atoms with Crippen molar-refractivity contribution in [3.63, 3.8) is 0 Å². The Bertz CT molecular complexity index is 2810. The quantitative estimate of drug-likeness (QED) is 0.188. The van der Waals surface area contributed by atoms with Crippen molar-refractivity contribution in [1.82, 2.24) is 4.57 Å². The molecule has 0 radical (unpaired) electrons. The van der Waals surface area contributed by atoms with Crippen LogP contribution in [0.1, 0.15) is 29.5 Å². The maximum atomic E-state index is 9.58. The van der Waals surface area contributed by atoms with Gasteiger partial charge in [-0.15, -0.1) is 0 Å². The Morgan fingerprint density at radius 2 is 1.42 bits per heavy atom. The molecular weight excluding hydrogens is 631 g/mol. The van der Waals surface area contributed by atoms with Crippen molar-refractivity contribution >= 4 is 44.8 Å². The van der Waals surface area contributed by atoms with Crippen molar-refractivity contribution in [2.45, 2.75) is 12.8 Å². The Balaban J connectivity index is 1.37. The van der Waals surface area contributed by atoms with Gasteiger partial charge in [-0.25, -0.2) is 0 Å². The van der Waals surface area contributed by atoms with E-state index in [4.69, 9.17) is 0 Å². The molecule has 1 aliphatic carbocycles. The van der Waals surface area contributed by atoms with Gasteiger partial charge in [0, 0.05) is 44.8 Å². The largest absolute Gasteiger partial charge is 0.309 e. The lowest BCUT2D eigenvalue weighted by Gasteiger charge is -2.31. The first kappa shape index (κ1) is 30.0. The van der Waals surface area contributed by atoms with Gasteiger partial charge in [-0.05, 0) is 70.1 Å². The molecule has 1 aromatic heterocycles. The van der Waals surface area contributed by atoms with Crippen LogP contribution in [0.3, 0.4) is 0 Å². The van der Waals surface area contributed by atoms with Gasteiger partial charge in [0.1, 0.15) is 0 Å². The molecule has 0 saturated heterocycles. The van der Waals surface area contributed by atoms with Gasteiger partial charge in [0.05, 0.1) is 34.2 Å². The van der Waals surface area contributed by atoms with Gasteiger partial charge < -0.3 is 9.47 Å². The molecular formula is C49H33N3. The zero-order valence-corrected chi connectivity index (χ0v) is 28.7. The second-order valence-corrected chi connectivity index (χ2v) is 13.7.